The average Bonchev–Trinajstić information content (AvgIpc) is 3.00. The van der Waals surface area contributed by atoms with Crippen molar-refractivity contribution in [3.63, 3.8) is 0 Å². The summed E-state index contributed by atoms with van der Waals surface area (Å²) in [6, 6.07) is 0.498. The summed E-state index contributed by atoms with van der Waals surface area (Å²) in [5.41, 5.74) is -5.96. The number of aromatic nitrogens is 5. The van der Waals surface area contributed by atoms with E-state index in [0.29, 0.717) is 17.1 Å². The molecule has 1 atom stereocenters. The lowest BCUT2D eigenvalue weighted by Crippen LogP contribution is -2.49. The van der Waals surface area contributed by atoms with Crippen LogP contribution in [-0.2, 0) is 30.4 Å². The van der Waals surface area contributed by atoms with Crippen LogP contribution in [0.2, 0.25) is 25.7 Å². The lowest BCUT2D eigenvalue weighted by atomic mass is 10.2. The maximum absolute atomic E-state index is 14.7. The number of piperazine rings is 1. The van der Waals surface area contributed by atoms with Crippen LogP contribution in [0.4, 0.5) is 42.4 Å². The minimum Gasteiger partial charge on any atom is -0.379 e. The molecule has 1 aliphatic rings. The van der Waals surface area contributed by atoms with E-state index >= 15 is 0 Å². The molecule has 1 fully saturated rings. The van der Waals surface area contributed by atoms with E-state index in [-0.39, 0.29) is 44.3 Å². The summed E-state index contributed by atoms with van der Waals surface area (Å²) in [7, 11) is -1.48. The number of halogens is 7. The molecule has 0 aliphatic carbocycles. The first-order chi connectivity index (χ1) is 22.7. The minimum atomic E-state index is -5.07. The van der Waals surface area contributed by atoms with Gasteiger partial charge >= 0.3 is 12.4 Å². The van der Waals surface area contributed by atoms with Crippen LogP contribution >= 0.6 is 0 Å². The Kier molecular flexibility index (Phi) is 11.2. The van der Waals surface area contributed by atoms with Crippen LogP contribution in [0.1, 0.15) is 28.4 Å². The molecule has 0 radical (unpaired) electrons. The van der Waals surface area contributed by atoms with Crippen molar-refractivity contribution in [3.8, 4) is 0 Å². The molecular weight excluding hydrogens is 685 g/mol. The molecule has 12 nitrogen and oxygen atoms in total. The summed E-state index contributed by atoms with van der Waals surface area (Å²) in [4.78, 5) is 49.0. The second-order valence-corrected chi connectivity index (χ2v) is 18.3. The zero-order valence-electron chi connectivity index (χ0n) is 27.0. The summed E-state index contributed by atoms with van der Waals surface area (Å²) in [6.07, 6.45) is -6.46. The van der Waals surface area contributed by atoms with Gasteiger partial charge in [0, 0.05) is 72.0 Å². The van der Waals surface area contributed by atoms with Crippen LogP contribution in [0.3, 0.4) is 0 Å². The van der Waals surface area contributed by atoms with Gasteiger partial charge in [-0.05, 0) is 19.0 Å². The fraction of sp³-hybridized carbons (Fsp3) is 0.517. The number of carbonyl (C=O) groups excluding carboxylic acids is 1. The van der Waals surface area contributed by atoms with Gasteiger partial charge in [-0.2, -0.15) is 31.4 Å². The van der Waals surface area contributed by atoms with Gasteiger partial charge < -0.3 is 24.4 Å². The molecule has 3 aromatic heterocycles. The molecule has 268 valence electrons. The van der Waals surface area contributed by atoms with Gasteiger partial charge in [0.2, 0.25) is 5.95 Å². The van der Waals surface area contributed by atoms with Gasteiger partial charge in [0.15, 0.2) is 5.82 Å². The first kappa shape index (κ1) is 37.5. The number of hydrogen-bond acceptors (Lipinski definition) is 9. The standard InChI is InChI=1S/C29H35F7N8O4Si/c1-18(40-22-14-39-44(17-48-9-10-49(2,3)4)26(47)23(22)29(34,35)36)15-43-16-19(11-21(30)25(43)46)24(45)41-5-7-42(8-6-41)27-37-12-20(13-38-27)28(31,32)33/h11-14,16,18,40H,5-10,15,17H2,1-4H3/t18-/m0/s1. The lowest BCUT2D eigenvalue weighted by molar-refractivity contribution is -0.139. The van der Waals surface area contributed by atoms with Crippen molar-refractivity contribution in [3.05, 3.63) is 74.1 Å². The van der Waals surface area contributed by atoms with Crippen LogP contribution in [0.25, 0.3) is 0 Å². The van der Waals surface area contributed by atoms with E-state index in [1.54, 1.807) is 4.90 Å². The Hall–Kier alpha value is -4.33. The number of amides is 1. The van der Waals surface area contributed by atoms with Crippen molar-refractivity contribution in [1.29, 1.82) is 0 Å². The molecule has 20 heteroatoms. The van der Waals surface area contributed by atoms with Crippen molar-refractivity contribution in [2.75, 3.05) is 43.0 Å². The van der Waals surface area contributed by atoms with Crippen molar-refractivity contribution < 1.29 is 40.3 Å². The Bertz CT molecular complexity index is 1750. The van der Waals surface area contributed by atoms with E-state index in [0.717, 1.165) is 29.1 Å². The molecular formula is C29H35F7N8O4Si. The second-order valence-electron chi connectivity index (χ2n) is 12.7. The van der Waals surface area contributed by atoms with Crippen LogP contribution in [0.15, 0.2) is 40.4 Å². The Morgan fingerprint density at radius 1 is 0.980 bits per heavy atom. The van der Waals surface area contributed by atoms with E-state index in [1.807, 2.05) is 0 Å². The monoisotopic (exact) mass is 720 g/mol. The van der Waals surface area contributed by atoms with Gasteiger partial charge in [-0.15, -0.1) is 0 Å². The maximum atomic E-state index is 14.7. The predicted molar refractivity (Wildman–Crippen MR) is 166 cm³/mol. The van der Waals surface area contributed by atoms with Gasteiger partial charge in [-0.25, -0.2) is 19.0 Å². The van der Waals surface area contributed by atoms with Crippen molar-refractivity contribution in [1.82, 2.24) is 29.2 Å². The third-order valence-corrected chi connectivity index (χ3v) is 9.22. The van der Waals surface area contributed by atoms with Gasteiger partial charge in [-0.1, -0.05) is 19.6 Å². The Labute approximate surface area is 276 Å². The number of rotatable bonds is 11. The van der Waals surface area contributed by atoms with Crippen LogP contribution < -0.4 is 21.3 Å². The molecule has 4 rings (SSSR count). The van der Waals surface area contributed by atoms with Gasteiger partial charge in [0.1, 0.15) is 12.3 Å². The summed E-state index contributed by atoms with van der Waals surface area (Å²) >= 11 is 0. The van der Waals surface area contributed by atoms with Crippen molar-refractivity contribution in [2.45, 2.75) is 64.3 Å². The Balaban J connectivity index is 1.44. The minimum absolute atomic E-state index is 0.0354. The first-order valence-corrected chi connectivity index (χ1v) is 18.8. The average molecular weight is 721 g/mol. The quantitative estimate of drug-likeness (QED) is 0.177. The smallest absolute Gasteiger partial charge is 0.379 e. The summed E-state index contributed by atoms with van der Waals surface area (Å²) < 4.78 is 102. The van der Waals surface area contributed by atoms with Gasteiger partial charge in [0.05, 0.1) is 23.0 Å². The number of nitrogens with zero attached hydrogens (tertiary/aromatic N) is 7. The van der Waals surface area contributed by atoms with Crippen LogP contribution in [0, 0.1) is 5.82 Å². The third kappa shape index (κ3) is 9.64. The molecule has 0 saturated carbocycles. The molecule has 49 heavy (non-hydrogen) atoms. The highest BCUT2D eigenvalue weighted by Gasteiger charge is 2.39. The topological polar surface area (TPSA) is 127 Å². The van der Waals surface area contributed by atoms with E-state index in [1.165, 1.54) is 11.8 Å². The second kappa shape index (κ2) is 14.6. The molecule has 1 saturated heterocycles. The fourth-order valence-corrected chi connectivity index (χ4v) is 5.63. The number of hydrogen-bond donors (Lipinski definition) is 1. The number of pyridine rings is 1. The molecule has 1 amide bonds. The summed E-state index contributed by atoms with van der Waals surface area (Å²) in [6.45, 7) is 7.51. The SMILES string of the molecule is C[C@@H](Cn1cc(C(=O)N2CCN(c3ncc(C(F)(F)F)cn3)CC2)cc(F)c1=O)Nc1cnn(COCC[Si](C)(C)C)c(=O)c1C(F)(F)F. The zero-order chi connectivity index (χ0) is 36.3. The number of carbonyl (C=O) groups is 1. The summed E-state index contributed by atoms with van der Waals surface area (Å²) in [5.74, 6) is -1.89. The molecule has 3 aromatic rings. The largest absolute Gasteiger partial charge is 0.423 e. The first-order valence-electron chi connectivity index (χ1n) is 15.1. The van der Waals surface area contributed by atoms with Crippen molar-refractivity contribution in [2.24, 2.45) is 0 Å². The molecule has 0 unspecified atom stereocenters. The predicted octanol–water partition coefficient (Wildman–Crippen LogP) is 4.15. The highest BCUT2D eigenvalue weighted by Crippen LogP contribution is 2.32. The Morgan fingerprint density at radius 2 is 1.61 bits per heavy atom. The Morgan fingerprint density at radius 3 is 2.18 bits per heavy atom. The molecule has 0 aromatic carbocycles. The molecule has 1 aliphatic heterocycles. The van der Waals surface area contributed by atoms with E-state index in [9.17, 15) is 45.1 Å². The highest BCUT2D eigenvalue weighted by molar-refractivity contribution is 6.76. The molecule has 0 bridgehead atoms. The molecule has 4 heterocycles. The van der Waals surface area contributed by atoms with E-state index in [2.05, 4.69) is 40.0 Å². The highest BCUT2D eigenvalue weighted by atomic mass is 28.3. The van der Waals surface area contributed by atoms with E-state index < -0.39 is 79.4 Å². The normalized spacial score (nSPS) is 15.0. The van der Waals surface area contributed by atoms with Gasteiger partial charge in [-0.3, -0.25) is 14.4 Å². The number of ether oxygens (including phenoxy) is 1. The number of nitrogens with one attached hydrogen (secondary N) is 1. The molecule has 1 N–H and O–H groups in total. The van der Waals surface area contributed by atoms with E-state index in [4.69, 9.17) is 4.74 Å². The van der Waals surface area contributed by atoms with Gasteiger partial charge in [0.25, 0.3) is 17.0 Å². The van der Waals surface area contributed by atoms with Crippen LogP contribution in [0.5, 0.6) is 0 Å². The number of alkyl halides is 6. The number of anilines is 2. The fourth-order valence-electron chi connectivity index (χ4n) is 4.87. The zero-order valence-corrected chi connectivity index (χ0v) is 28.0. The van der Waals surface area contributed by atoms with Crippen LogP contribution in [-0.4, -0.2) is 82.0 Å². The maximum Gasteiger partial charge on any atom is 0.423 e. The summed E-state index contributed by atoms with van der Waals surface area (Å²) in [5, 5.41) is 6.32. The lowest BCUT2D eigenvalue weighted by Gasteiger charge is -2.34. The van der Waals surface area contributed by atoms with Crippen molar-refractivity contribution >= 4 is 25.6 Å². The molecule has 0 spiro atoms. The third-order valence-electron chi connectivity index (χ3n) is 7.51.